The number of methoxy groups -OCH3 is 2. The van der Waals surface area contributed by atoms with Gasteiger partial charge >= 0.3 is 41.5 Å². The summed E-state index contributed by atoms with van der Waals surface area (Å²) in [5, 5.41) is 16.6. The van der Waals surface area contributed by atoms with E-state index in [9.17, 15) is 14.4 Å². The molecule has 0 saturated carbocycles. The zero-order chi connectivity index (χ0) is 40.3. The second kappa shape index (κ2) is 23.2. The summed E-state index contributed by atoms with van der Waals surface area (Å²) in [5.74, 6) is -2.96. The van der Waals surface area contributed by atoms with Gasteiger partial charge in [0.2, 0.25) is 0 Å². The number of aliphatic carboxylic acids is 2. The van der Waals surface area contributed by atoms with Gasteiger partial charge < -0.3 is 45.9 Å². The van der Waals surface area contributed by atoms with Crippen molar-refractivity contribution in [2.24, 2.45) is 0 Å². The third-order valence-corrected chi connectivity index (χ3v) is 9.26. The van der Waals surface area contributed by atoms with Crippen LogP contribution in [-0.4, -0.2) is 66.3 Å². The van der Waals surface area contributed by atoms with Crippen molar-refractivity contribution < 1.29 is 85.2 Å². The number of carbonyl (C=O) groups excluding carboxylic acids is 3. The maximum atomic E-state index is 12.2. The van der Waals surface area contributed by atoms with Gasteiger partial charge in [0.15, 0.2) is 0 Å². The third-order valence-electron chi connectivity index (χ3n) is 9.26. The van der Waals surface area contributed by atoms with Crippen molar-refractivity contribution in [1.29, 1.82) is 0 Å². The SMILES string of the molecule is CCC1=C(C)c2cc3[n-]c(cc4nc(cc5[n-]c(cc1n2)c(C)c5CCC(=O)OC)C(CCC(=O)OC)=C4C)c(C)c3CC.[Co].[NH-]CC(=O)O.[NH-]CC(=O)[O-].[Na+]. The normalized spacial score (nSPS) is 11.6. The molecule has 2 aliphatic rings. The number of aryl methyl sites for hydroxylation is 4. The minimum Gasteiger partial charge on any atom is -0.673 e. The zero-order valence-electron chi connectivity index (χ0n) is 33.4. The first-order valence-corrected chi connectivity index (χ1v) is 17.5. The van der Waals surface area contributed by atoms with Gasteiger partial charge in [-0.3, -0.25) is 14.4 Å². The molecular formula is C40H47CoN6NaO8-4. The van der Waals surface area contributed by atoms with Crippen molar-refractivity contribution in [2.75, 3.05) is 27.3 Å². The topological polar surface area (TPSA) is 232 Å². The van der Waals surface area contributed by atoms with Gasteiger partial charge in [-0.25, -0.2) is 9.97 Å². The summed E-state index contributed by atoms with van der Waals surface area (Å²) in [7, 11) is 2.80. The number of nitrogens with one attached hydrogen (secondary N) is 2. The van der Waals surface area contributed by atoms with E-state index in [0.717, 1.165) is 91.1 Å². The van der Waals surface area contributed by atoms with Crippen molar-refractivity contribution in [2.45, 2.75) is 80.1 Å². The maximum absolute atomic E-state index is 12.2. The van der Waals surface area contributed by atoms with E-state index in [1.54, 1.807) is 0 Å². The summed E-state index contributed by atoms with van der Waals surface area (Å²) in [5.41, 5.74) is 27.4. The van der Waals surface area contributed by atoms with E-state index in [4.69, 9.17) is 55.9 Å². The van der Waals surface area contributed by atoms with Crippen LogP contribution in [0.5, 0.6) is 0 Å². The number of allylic oxidation sites excluding steroid dienone is 4. The molecule has 0 aliphatic carbocycles. The molecule has 1 radical (unpaired) electrons. The Bertz CT molecular complexity index is 2140. The predicted molar refractivity (Wildman–Crippen MR) is 206 cm³/mol. The first-order valence-electron chi connectivity index (χ1n) is 17.5. The molecule has 0 fully saturated rings. The molecule has 2 aliphatic heterocycles. The van der Waals surface area contributed by atoms with Gasteiger partial charge in [0.05, 0.1) is 37.0 Å². The van der Waals surface area contributed by atoms with Crippen LogP contribution in [0, 0.1) is 13.8 Å². The number of carboxylic acid groups (broad SMARTS) is 2. The number of carbonyl (C=O) groups is 4. The van der Waals surface area contributed by atoms with Gasteiger partial charge in [0, 0.05) is 35.6 Å². The third kappa shape index (κ3) is 12.5. The Morgan fingerprint density at radius 2 is 1.07 bits per heavy atom. The molecule has 5 rings (SSSR count). The molecule has 0 unspecified atom stereocenters. The summed E-state index contributed by atoms with van der Waals surface area (Å²) >= 11 is 0. The number of fused-ring (bicyclic) bond motifs is 8. The first-order chi connectivity index (χ1) is 25.6. The molecule has 0 atom stereocenters. The van der Waals surface area contributed by atoms with E-state index in [1.165, 1.54) is 25.4 Å². The smallest absolute Gasteiger partial charge is 0.673 e. The van der Waals surface area contributed by atoms with Crippen molar-refractivity contribution in [3.8, 4) is 0 Å². The largest absolute Gasteiger partial charge is 1.00 e. The van der Waals surface area contributed by atoms with Crippen molar-refractivity contribution in [1.82, 2.24) is 19.9 Å². The molecule has 299 valence electrons. The summed E-state index contributed by atoms with van der Waals surface area (Å²) < 4.78 is 9.89. The quantitative estimate of drug-likeness (QED) is 0.230. The summed E-state index contributed by atoms with van der Waals surface area (Å²) in [6.07, 6.45) is 3.12. The Balaban J connectivity index is 0.00000116. The second-order valence-electron chi connectivity index (χ2n) is 12.5. The molecular weight excluding hydrogens is 774 g/mol. The molecule has 3 aromatic heterocycles. The molecule has 0 amide bonds. The Hall–Kier alpha value is -4.09. The number of ether oxygens (including phenoxy) is 2. The van der Waals surface area contributed by atoms with Gasteiger partial charge in [-0.05, 0) is 75.7 Å². The number of nitrogens with zero attached hydrogens (tertiary/aromatic N) is 4. The molecule has 5 heterocycles. The predicted octanol–water partition coefficient (Wildman–Crippen LogP) is 3.00. The van der Waals surface area contributed by atoms with Crippen molar-refractivity contribution in [3.63, 3.8) is 0 Å². The van der Waals surface area contributed by atoms with E-state index < -0.39 is 25.0 Å². The van der Waals surface area contributed by atoms with Gasteiger partial charge in [0.1, 0.15) is 0 Å². The summed E-state index contributed by atoms with van der Waals surface area (Å²) in [4.78, 5) is 62.9. The fourth-order valence-corrected chi connectivity index (χ4v) is 6.25. The minimum absolute atomic E-state index is 0. The second-order valence-corrected chi connectivity index (χ2v) is 12.5. The molecule has 0 aromatic carbocycles. The van der Waals surface area contributed by atoms with Crippen molar-refractivity contribution >= 4 is 68.2 Å². The monoisotopic (exact) mass is 821 g/mol. The van der Waals surface area contributed by atoms with Crippen LogP contribution in [0.1, 0.15) is 98.4 Å². The molecule has 3 N–H and O–H groups in total. The standard InChI is InChI=1S/C36H40N4O4.2C2H4NO2.Co.Na/c1-9-23-19(3)27-15-28-21(5)25(11-13-35(41)43-7)33(39-28)18-34-26(12-14-36(42)44-8)22(6)30(40-34)17-32-24(10-2)20(4)29(38-32)16-31(23)37-27;2*3-1-2(4)5;;/h15-18H,9-14H2,1-8H3;2*3H,1H2,(H,4,5);;/q-2;2*-1;;+1/p-1. The maximum Gasteiger partial charge on any atom is 1.00 e. The van der Waals surface area contributed by atoms with Gasteiger partial charge in [-0.15, -0.1) is 28.6 Å². The van der Waals surface area contributed by atoms with Crippen LogP contribution in [0.25, 0.3) is 55.8 Å². The Labute approximate surface area is 359 Å². The Kier molecular flexibility index (Phi) is 20.7. The molecule has 56 heavy (non-hydrogen) atoms. The molecule has 0 spiro atoms. The number of rotatable bonds is 10. The zero-order valence-corrected chi connectivity index (χ0v) is 36.4. The van der Waals surface area contributed by atoms with Crippen LogP contribution < -0.4 is 44.6 Å². The molecule has 16 heteroatoms. The van der Waals surface area contributed by atoms with Crippen LogP contribution in [-0.2, 0) is 58.3 Å². The van der Waals surface area contributed by atoms with Gasteiger partial charge in [-0.1, -0.05) is 66.9 Å². The number of aromatic nitrogens is 4. The van der Waals surface area contributed by atoms with E-state index in [2.05, 4.69) is 39.8 Å². The first kappa shape index (κ1) is 49.9. The number of esters is 2. The van der Waals surface area contributed by atoms with Crippen LogP contribution in [0.2, 0.25) is 0 Å². The fourth-order valence-electron chi connectivity index (χ4n) is 6.25. The van der Waals surface area contributed by atoms with Crippen LogP contribution >= 0.6 is 0 Å². The fraction of sp³-hybridized carbons (Fsp3) is 0.400. The van der Waals surface area contributed by atoms with Gasteiger partial charge in [-0.2, -0.15) is 0 Å². The van der Waals surface area contributed by atoms with Crippen LogP contribution in [0.3, 0.4) is 0 Å². The number of hydrogen-bond acceptors (Lipinski definition) is 9. The van der Waals surface area contributed by atoms with E-state index in [1.807, 2.05) is 26.0 Å². The molecule has 3 aromatic rings. The Morgan fingerprint density at radius 3 is 1.52 bits per heavy atom. The van der Waals surface area contributed by atoms with E-state index in [0.29, 0.717) is 12.8 Å². The van der Waals surface area contributed by atoms with Crippen LogP contribution in [0.4, 0.5) is 0 Å². The van der Waals surface area contributed by atoms with E-state index in [-0.39, 0.29) is 71.1 Å². The summed E-state index contributed by atoms with van der Waals surface area (Å²) in [6, 6.07) is 8.19. The molecule has 14 nitrogen and oxygen atoms in total. The van der Waals surface area contributed by atoms with Gasteiger partial charge in [0.25, 0.3) is 5.97 Å². The number of hydrogen-bond donors (Lipinski definition) is 1. The minimum atomic E-state index is -1.33. The van der Waals surface area contributed by atoms with E-state index >= 15 is 0 Å². The van der Waals surface area contributed by atoms with Crippen LogP contribution in [0.15, 0.2) is 24.3 Å². The molecule has 0 saturated heterocycles. The van der Waals surface area contributed by atoms with Crippen molar-refractivity contribution in [3.05, 3.63) is 80.8 Å². The molecule has 8 bridgehead atoms. The Morgan fingerprint density at radius 1 is 0.679 bits per heavy atom. The average molecular weight is 822 g/mol. The average Bonchev–Trinajstić information content (AvgIpc) is 3.82. The number of carboxylic acids is 2. The summed E-state index contributed by atoms with van der Waals surface area (Å²) in [6.45, 7) is 11.4.